The number of fused-ring (bicyclic) bond motifs is 1. The largest absolute Gasteiger partial charge is 0.495 e. The number of benzene rings is 2. The van der Waals surface area contributed by atoms with Gasteiger partial charge in [0.15, 0.2) is 0 Å². The molecule has 1 heterocycles. The van der Waals surface area contributed by atoms with Gasteiger partial charge in [0.1, 0.15) is 5.75 Å². The van der Waals surface area contributed by atoms with Gasteiger partial charge in [-0.3, -0.25) is 4.79 Å². The quantitative estimate of drug-likeness (QED) is 0.620. The molecule has 4 nitrogen and oxygen atoms in total. The number of amides is 1. The van der Waals surface area contributed by atoms with Crippen LogP contribution in [-0.2, 0) is 4.79 Å². The van der Waals surface area contributed by atoms with E-state index < -0.39 is 0 Å². The van der Waals surface area contributed by atoms with Crippen LogP contribution in [0.3, 0.4) is 0 Å². The monoisotopic (exact) mass is 366 g/mol. The first-order valence-corrected chi connectivity index (χ1v) is 9.47. The lowest BCUT2D eigenvalue weighted by Gasteiger charge is -2.16. The summed E-state index contributed by atoms with van der Waals surface area (Å²) in [6.45, 7) is 4.08. The van der Waals surface area contributed by atoms with E-state index in [9.17, 15) is 4.79 Å². The fourth-order valence-electron chi connectivity index (χ4n) is 2.81. The van der Waals surface area contributed by atoms with Crippen LogP contribution in [0.15, 0.2) is 59.6 Å². The molecule has 1 amide bonds. The van der Waals surface area contributed by atoms with Gasteiger partial charge >= 0.3 is 0 Å². The molecular weight excluding hydrogens is 344 g/mol. The lowest BCUT2D eigenvalue weighted by atomic mass is 10.1. The van der Waals surface area contributed by atoms with Crippen LogP contribution in [0.1, 0.15) is 18.9 Å². The number of ether oxygens (including phenoxy) is 1. The van der Waals surface area contributed by atoms with Gasteiger partial charge in [-0.15, -0.1) is 0 Å². The topological polar surface area (TPSA) is 51.2 Å². The third-order valence-corrected chi connectivity index (χ3v) is 5.47. The Morgan fingerprint density at radius 3 is 2.69 bits per heavy atom. The van der Waals surface area contributed by atoms with Gasteiger partial charge in [0.25, 0.3) is 0 Å². The van der Waals surface area contributed by atoms with E-state index in [1.54, 1.807) is 7.11 Å². The molecule has 0 radical (unpaired) electrons. The number of anilines is 1. The predicted molar refractivity (Wildman–Crippen MR) is 108 cm³/mol. The Bertz CT molecular complexity index is 927. The molecule has 0 aliphatic heterocycles. The highest BCUT2D eigenvalue weighted by molar-refractivity contribution is 8.00. The Hall–Kier alpha value is -2.53. The number of carbonyl (C=O) groups is 1. The van der Waals surface area contributed by atoms with Crippen molar-refractivity contribution < 1.29 is 9.53 Å². The fourth-order valence-corrected chi connectivity index (χ4v) is 3.83. The molecule has 0 saturated carbocycles. The summed E-state index contributed by atoms with van der Waals surface area (Å²) in [5.41, 5.74) is 2.80. The van der Waals surface area contributed by atoms with E-state index in [0.717, 1.165) is 21.5 Å². The molecule has 0 fully saturated rings. The Kier molecular flexibility index (Phi) is 5.78. The summed E-state index contributed by atoms with van der Waals surface area (Å²) in [4.78, 5) is 17.5. The standard InChI is InChI=1S/C21H22N2O2S/c1-4-19(21(24)23-17-11-7-8-12-18(17)25-3)26-20-13-14(2)15-9-5-6-10-16(15)22-20/h5-13,19H,4H2,1-3H3,(H,23,24). The van der Waals surface area contributed by atoms with Crippen molar-refractivity contribution in [3.8, 4) is 5.75 Å². The van der Waals surface area contributed by atoms with E-state index in [4.69, 9.17) is 9.72 Å². The van der Waals surface area contributed by atoms with E-state index >= 15 is 0 Å². The van der Waals surface area contributed by atoms with Crippen LogP contribution in [0, 0.1) is 6.92 Å². The van der Waals surface area contributed by atoms with Crippen molar-refractivity contribution in [1.29, 1.82) is 0 Å². The Morgan fingerprint density at radius 2 is 1.92 bits per heavy atom. The van der Waals surface area contributed by atoms with Crippen molar-refractivity contribution in [1.82, 2.24) is 4.98 Å². The third kappa shape index (κ3) is 3.99. The SMILES string of the molecule is CCC(Sc1cc(C)c2ccccc2n1)C(=O)Nc1ccccc1OC. The van der Waals surface area contributed by atoms with Gasteiger partial charge in [0, 0.05) is 5.39 Å². The van der Waals surface area contributed by atoms with Crippen LogP contribution >= 0.6 is 11.8 Å². The van der Waals surface area contributed by atoms with Gasteiger partial charge in [-0.2, -0.15) is 0 Å². The maximum atomic E-state index is 12.7. The molecule has 5 heteroatoms. The molecule has 3 rings (SSSR count). The number of aromatic nitrogens is 1. The fraction of sp³-hybridized carbons (Fsp3) is 0.238. The maximum absolute atomic E-state index is 12.7. The number of para-hydroxylation sites is 3. The summed E-state index contributed by atoms with van der Waals surface area (Å²) in [6.07, 6.45) is 0.708. The summed E-state index contributed by atoms with van der Waals surface area (Å²) < 4.78 is 5.31. The Balaban J connectivity index is 1.80. The second kappa shape index (κ2) is 8.23. The number of methoxy groups -OCH3 is 1. The number of nitrogens with zero attached hydrogens (tertiary/aromatic N) is 1. The highest BCUT2D eigenvalue weighted by atomic mass is 32.2. The minimum atomic E-state index is -0.229. The van der Waals surface area contributed by atoms with Crippen LogP contribution in [-0.4, -0.2) is 23.3 Å². The number of aryl methyl sites for hydroxylation is 1. The van der Waals surface area contributed by atoms with Crippen molar-refractivity contribution in [3.63, 3.8) is 0 Å². The molecule has 26 heavy (non-hydrogen) atoms. The number of nitrogens with one attached hydrogen (secondary N) is 1. The number of pyridine rings is 1. The van der Waals surface area contributed by atoms with Gasteiger partial charge in [-0.05, 0) is 43.2 Å². The first-order valence-electron chi connectivity index (χ1n) is 8.59. The molecule has 0 aliphatic carbocycles. The molecule has 3 aromatic rings. The smallest absolute Gasteiger partial charge is 0.238 e. The molecule has 0 saturated heterocycles. The molecule has 1 N–H and O–H groups in total. The normalized spacial score (nSPS) is 12.0. The summed E-state index contributed by atoms with van der Waals surface area (Å²) >= 11 is 1.49. The average Bonchev–Trinajstić information content (AvgIpc) is 2.66. The van der Waals surface area contributed by atoms with Crippen molar-refractivity contribution in [2.45, 2.75) is 30.5 Å². The molecule has 134 valence electrons. The van der Waals surface area contributed by atoms with Crippen LogP contribution in [0.25, 0.3) is 10.9 Å². The molecule has 0 bridgehead atoms. The van der Waals surface area contributed by atoms with Crippen LogP contribution in [0.5, 0.6) is 5.75 Å². The summed E-state index contributed by atoms with van der Waals surface area (Å²) in [7, 11) is 1.60. The van der Waals surface area contributed by atoms with Gasteiger partial charge < -0.3 is 10.1 Å². The highest BCUT2D eigenvalue weighted by Gasteiger charge is 2.20. The number of rotatable bonds is 6. The average molecular weight is 366 g/mol. The van der Waals surface area contributed by atoms with Gasteiger partial charge in [-0.25, -0.2) is 4.98 Å². The minimum Gasteiger partial charge on any atom is -0.495 e. The van der Waals surface area contributed by atoms with Crippen molar-refractivity contribution in [2.24, 2.45) is 0 Å². The highest BCUT2D eigenvalue weighted by Crippen LogP contribution is 2.30. The molecule has 1 unspecified atom stereocenters. The molecule has 0 aliphatic rings. The van der Waals surface area contributed by atoms with Crippen LogP contribution in [0.4, 0.5) is 5.69 Å². The van der Waals surface area contributed by atoms with Crippen LogP contribution in [0.2, 0.25) is 0 Å². The second-order valence-corrected chi connectivity index (χ2v) is 7.22. The number of hydrogen-bond acceptors (Lipinski definition) is 4. The zero-order chi connectivity index (χ0) is 18.5. The van der Waals surface area contributed by atoms with Crippen molar-refractivity contribution in [3.05, 3.63) is 60.2 Å². The van der Waals surface area contributed by atoms with Crippen molar-refractivity contribution >= 4 is 34.3 Å². The van der Waals surface area contributed by atoms with E-state index in [2.05, 4.69) is 18.3 Å². The molecule has 2 aromatic carbocycles. The Labute approximate surface area is 158 Å². The zero-order valence-electron chi connectivity index (χ0n) is 15.2. The summed E-state index contributed by atoms with van der Waals surface area (Å²) in [5.74, 6) is 0.606. The first-order chi connectivity index (χ1) is 12.6. The lowest BCUT2D eigenvalue weighted by Crippen LogP contribution is -2.25. The van der Waals surface area contributed by atoms with E-state index in [1.165, 1.54) is 11.8 Å². The number of hydrogen-bond donors (Lipinski definition) is 1. The van der Waals surface area contributed by atoms with Crippen molar-refractivity contribution in [2.75, 3.05) is 12.4 Å². The molecule has 0 spiro atoms. The minimum absolute atomic E-state index is 0.0467. The number of thioether (sulfide) groups is 1. The van der Waals surface area contributed by atoms with Crippen LogP contribution < -0.4 is 10.1 Å². The van der Waals surface area contributed by atoms with E-state index in [1.807, 2.05) is 55.5 Å². The number of carbonyl (C=O) groups excluding carboxylic acids is 1. The van der Waals surface area contributed by atoms with Gasteiger partial charge in [0.2, 0.25) is 5.91 Å². The second-order valence-electron chi connectivity index (χ2n) is 6.00. The third-order valence-electron chi connectivity index (χ3n) is 4.19. The first kappa shape index (κ1) is 18.3. The summed E-state index contributed by atoms with van der Waals surface area (Å²) in [5, 5.41) is 4.75. The van der Waals surface area contributed by atoms with Gasteiger partial charge in [-0.1, -0.05) is 49.0 Å². The lowest BCUT2D eigenvalue weighted by molar-refractivity contribution is -0.115. The Morgan fingerprint density at radius 1 is 1.19 bits per heavy atom. The zero-order valence-corrected chi connectivity index (χ0v) is 16.0. The van der Waals surface area contributed by atoms with E-state index in [-0.39, 0.29) is 11.2 Å². The predicted octanol–water partition coefficient (Wildman–Crippen LogP) is 5.06. The molecule has 1 atom stereocenters. The van der Waals surface area contributed by atoms with E-state index in [0.29, 0.717) is 17.9 Å². The maximum Gasteiger partial charge on any atom is 0.238 e. The van der Waals surface area contributed by atoms with Gasteiger partial charge in [0.05, 0.1) is 28.6 Å². The summed E-state index contributed by atoms with van der Waals surface area (Å²) in [6, 6.07) is 17.5. The molecular formula is C21H22N2O2S. The molecule has 1 aromatic heterocycles.